The normalized spacial score (nSPS) is 19.9. The van der Waals surface area contributed by atoms with Gasteiger partial charge in [-0.05, 0) is 25.5 Å². The van der Waals surface area contributed by atoms with Crippen LogP contribution in [0.5, 0.6) is 0 Å². The van der Waals surface area contributed by atoms with Gasteiger partial charge in [0.15, 0.2) is 0 Å². The van der Waals surface area contributed by atoms with E-state index in [9.17, 15) is 26.4 Å². The van der Waals surface area contributed by atoms with Gasteiger partial charge in [-0.1, -0.05) is 23.4 Å². The number of alkyl halides is 3. The summed E-state index contributed by atoms with van der Waals surface area (Å²) in [4.78, 5) is 18.7. The van der Waals surface area contributed by atoms with Gasteiger partial charge in [0.05, 0.1) is 5.69 Å². The fraction of sp³-hybridized carbons (Fsp3) is 0.467. The number of benzene rings is 1. The molecule has 0 radical (unpaired) electrons. The number of likely N-dealkylation sites (tertiary alicyclic amines) is 1. The van der Waals surface area contributed by atoms with Crippen molar-refractivity contribution in [1.82, 2.24) is 4.90 Å². The van der Waals surface area contributed by atoms with Gasteiger partial charge >= 0.3 is 15.5 Å². The Morgan fingerprint density at radius 1 is 1.35 bits per heavy atom. The molecule has 0 saturated carbocycles. The molecule has 1 atom stereocenters. The van der Waals surface area contributed by atoms with Gasteiger partial charge in [0.1, 0.15) is 12.3 Å². The third-order valence-electron chi connectivity index (χ3n) is 3.74. The van der Waals surface area contributed by atoms with Crippen LogP contribution in [-0.2, 0) is 26.2 Å². The van der Waals surface area contributed by atoms with Crippen molar-refractivity contribution in [3.8, 4) is 0 Å². The molecule has 0 aliphatic carbocycles. The smallest absolute Gasteiger partial charge is 0.396 e. The summed E-state index contributed by atoms with van der Waals surface area (Å²) >= 11 is 0. The Morgan fingerprint density at radius 3 is 2.62 bits per heavy atom. The van der Waals surface area contributed by atoms with Gasteiger partial charge in [0.2, 0.25) is 0 Å². The van der Waals surface area contributed by atoms with Crippen LogP contribution in [0, 0.1) is 0 Å². The maximum atomic E-state index is 12.6. The number of amides is 1. The van der Waals surface area contributed by atoms with Crippen LogP contribution in [0.2, 0.25) is 0 Å². The molecular formula is C15H18F3N3O4S. The third kappa shape index (κ3) is 4.26. The van der Waals surface area contributed by atoms with Crippen LogP contribution in [0.3, 0.4) is 0 Å². The summed E-state index contributed by atoms with van der Waals surface area (Å²) < 4.78 is 62.1. The second kappa shape index (κ2) is 7.52. The molecule has 1 aromatic carbocycles. The summed E-state index contributed by atoms with van der Waals surface area (Å²) in [6.45, 7) is 3.71. The molecule has 7 nitrogen and oxygen atoms in total. The molecule has 26 heavy (non-hydrogen) atoms. The highest BCUT2D eigenvalue weighted by atomic mass is 32.2. The monoisotopic (exact) mass is 393 g/mol. The molecule has 1 aliphatic heterocycles. The highest BCUT2D eigenvalue weighted by Gasteiger charge is 2.46. The summed E-state index contributed by atoms with van der Waals surface area (Å²) in [5.74, 6) is -0.403. The summed E-state index contributed by atoms with van der Waals surface area (Å²) in [6.07, 6.45) is 0.329. The average Bonchev–Trinajstić information content (AvgIpc) is 2.81. The van der Waals surface area contributed by atoms with Gasteiger partial charge in [0, 0.05) is 19.0 Å². The standard InChI is InChI=1S/C15H18F3N3O4S/c1-3-25-19-13-8-10(2)21(14(13)22)9-11-6-4-5-7-12(11)20-26(23,24)15(16,17)18/h4-7,10,20H,3,8-9H2,1-2H3/b19-13+. The molecule has 1 unspecified atom stereocenters. The van der Waals surface area contributed by atoms with Crippen molar-refractivity contribution in [2.45, 2.75) is 38.4 Å². The lowest BCUT2D eigenvalue weighted by atomic mass is 10.1. The van der Waals surface area contributed by atoms with Crippen LogP contribution in [0.1, 0.15) is 25.8 Å². The molecule has 1 aliphatic rings. The van der Waals surface area contributed by atoms with Crippen LogP contribution in [-0.4, -0.2) is 43.1 Å². The SMILES string of the molecule is CCO/N=C1\CC(C)N(Cc2ccccc2NS(=O)(=O)C(F)(F)F)C1=O. The number of hydrogen-bond acceptors (Lipinski definition) is 5. The first-order valence-electron chi connectivity index (χ1n) is 7.73. The first-order chi connectivity index (χ1) is 12.1. The zero-order valence-electron chi connectivity index (χ0n) is 14.1. The van der Waals surface area contributed by atoms with E-state index in [1.54, 1.807) is 19.9 Å². The number of hydrogen-bond donors (Lipinski definition) is 1. The number of sulfonamides is 1. The molecule has 2 rings (SSSR count). The number of nitrogens with one attached hydrogen (secondary N) is 1. The molecule has 1 N–H and O–H groups in total. The Kier molecular flexibility index (Phi) is 5.79. The molecule has 11 heteroatoms. The highest BCUT2D eigenvalue weighted by molar-refractivity contribution is 7.93. The fourth-order valence-corrected chi connectivity index (χ4v) is 3.04. The van der Waals surface area contributed by atoms with Gasteiger partial charge < -0.3 is 9.74 Å². The number of para-hydroxylation sites is 1. The Hall–Kier alpha value is -2.30. The molecule has 0 spiro atoms. The maximum Gasteiger partial charge on any atom is 0.516 e. The van der Waals surface area contributed by atoms with E-state index in [1.807, 2.05) is 0 Å². The summed E-state index contributed by atoms with van der Waals surface area (Å²) in [5, 5.41) is 3.74. The number of carbonyl (C=O) groups excluding carboxylic acids is 1. The Morgan fingerprint density at radius 2 is 2.00 bits per heavy atom. The summed E-state index contributed by atoms with van der Waals surface area (Å²) in [6, 6.07) is 5.34. The molecular weight excluding hydrogens is 375 g/mol. The van der Waals surface area contributed by atoms with Crippen molar-refractivity contribution in [2.75, 3.05) is 11.3 Å². The minimum Gasteiger partial charge on any atom is -0.396 e. The number of rotatable bonds is 6. The van der Waals surface area contributed by atoms with Gasteiger partial charge in [-0.15, -0.1) is 0 Å². The van der Waals surface area contributed by atoms with Crippen LogP contribution < -0.4 is 4.72 Å². The Bertz CT molecular complexity index is 809. The second-order valence-corrected chi connectivity index (χ2v) is 7.32. The van der Waals surface area contributed by atoms with E-state index < -0.39 is 21.4 Å². The van der Waals surface area contributed by atoms with Crippen LogP contribution in [0.4, 0.5) is 18.9 Å². The van der Waals surface area contributed by atoms with E-state index in [-0.39, 0.29) is 29.5 Å². The zero-order valence-corrected chi connectivity index (χ0v) is 14.9. The zero-order chi connectivity index (χ0) is 19.5. The van der Waals surface area contributed by atoms with Crippen molar-refractivity contribution in [3.63, 3.8) is 0 Å². The number of anilines is 1. The van der Waals surface area contributed by atoms with Gasteiger partial charge in [-0.3, -0.25) is 9.52 Å². The highest BCUT2D eigenvalue weighted by Crippen LogP contribution is 2.29. The molecule has 0 bridgehead atoms. The van der Waals surface area contributed by atoms with Crippen molar-refractivity contribution in [1.29, 1.82) is 0 Å². The topological polar surface area (TPSA) is 88.1 Å². The average molecular weight is 393 g/mol. The van der Waals surface area contributed by atoms with E-state index >= 15 is 0 Å². The third-order valence-corrected chi connectivity index (χ3v) is 4.84. The first-order valence-corrected chi connectivity index (χ1v) is 9.22. The summed E-state index contributed by atoms with van der Waals surface area (Å²) in [5.41, 5.74) is -5.22. The van der Waals surface area contributed by atoms with Crippen molar-refractivity contribution >= 4 is 27.3 Å². The molecule has 1 saturated heterocycles. The number of nitrogens with zero attached hydrogens (tertiary/aromatic N) is 2. The molecule has 1 fully saturated rings. The molecule has 1 amide bonds. The lowest BCUT2D eigenvalue weighted by molar-refractivity contribution is -0.124. The minimum atomic E-state index is -5.55. The molecule has 1 heterocycles. The van der Waals surface area contributed by atoms with Gasteiger partial charge in [-0.25, -0.2) is 0 Å². The van der Waals surface area contributed by atoms with Crippen molar-refractivity contribution in [2.24, 2.45) is 5.16 Å². The second-order valence-electron chi connectivity index (χ2n) is 5.65. The minimum absolute atomic E-state index is 0.0678. The predicted octanol–water partition coefficient (Wildman–Crippen LogP) is 2.46. The van der Waals surface area contributed by atoms with E-state index in [0.717, 1.165) is 0 Å². The Balaban J connectivity index is 2.25. The predicted molar refractivity (Wildman–Crippen MR) is 88.7 cm³/mol. The van der Waals surface area contributed by atoms with E-state index in [2.05, 4.69) is 5.16 Å². The molecule has 1 aromatic rings. The Labute approximate surface area is 148 Å². The first kappa shape index (κ1) is 20.0. The van der Waals surface area contributed by atoms with Crippen LogP contribution >= 0.6 is 0 Å². The number of oxime groups is 1. The van der Waals surface area contributed by atoms with E-state index in [4.69, 9.17) is 4.84 Å². The maximum absolute atomic E-state index is 12.6. The van der Waals surface area contributed by atoms with E-state index in [0.29, 0.717) is 13.0 Å². The van der Waals surface area contributed by atoms with Crippen LogP contribution in [0.15, 0.2) is 29.4 Å². The molecule has 0 aromatic heterocycles. The lowest BCUT2D eigenvalue weighted by Crippen LogP contribution is -2.33. The van der Waals surface area contributed by atoms with Crippen molar-refractivity contribution in [3.05, 3.63) is 29.8 Å². The number of halogens is 3. The van der Waals surface area contributed by atoms with Gasteiger partial charge in [-0.2, -0.15) is 21.6 Å². The van der Waals surface area contributed by atoms with Crippen LogP contribution in [0.25, 0.3) is 0 Å². The quantitative estimate of drug-likeness (QED) is 0.752. The summed E-state index contributed by atoms with van der Waals surface area (Å²) in [7, 11) is -5.55. The largest absolute Gasteiger partial charge is 0.516 e. The van der Waals surface area contributed by atoms with E-state index in [1.165, 1.54) is 27.8 Å². The van der Waals surface area contributed by atoms with Crippen molar-refractivity contribution < 1.29 is 31.2 Å². The van der Waals surface area contributed by atoms with Gasteiger partial charge in [0.25, 0.3) is 5.91 Å². The fourth-order valence-electron chi connectivity index (χ4n) is 2.43. The lowest BCUT2D eigenvalue weighted by Gasteiger charge is -2.22. The molecule has 144 valence electrons. The number of carbonyl (C=O) groups is 1.